The second kappa shape index (κ2) is 14.0. The average molecular weight is 583 g/mol. The van der Waals surface area contributed by atoms with Crippen LogP contribution in [0.2, 0.25) is 0 Å². The Balaban J connectivity index is 1.52. The van der Waals surface area contributed by atoms with Crippen molar-refractivity contribution in [2.45, 2.75) is 46.5 Å². The molecular weight excluding hydrogens is 546 g/mol. The maximum atomic E-state index is 14.8. The number of fused-ring (bicyclic) bond motifs is 1. The number of carbonyl (C=O) groups is 1. The largest absolute Gasteiger partial charge is 0.494 e. The van der Waals surface area contributed by atoms with Gasteiger partial charge in [-0.1, -0.05) is 37.3 Å². The van der Waals surface area contributed by atoms with Crippen molar-refractivity contribution < 1.29 is 18.3 Å². The van der Waals surface area contributed by atoms with Crippen LogP contribution in [0.3, 0.4) is 0 Å². The monoisotopic (exact) mass is 582 g/mol. The van der Waals surface area contributed by atoms with E-state index in [4.69, 9.17) is 15.6 Å². The third kappa shape index (κ3) is 7.57. The molecule has 0 saturated heterocycles. The number of anilines is 1. The summed E-state index contributed by atoms with van der Waals surface area (Å²) in [7, 11) is 1.29. The van der Waals surface area contributed by atoms with E-state index in [1.807, 2.05) is 56.4 Å². The number of carbonyl (C=O) groups excluding carboxylic acids is 1. The van der Waals surface area contributed by atoms with Crippen LogP contribution in [-0.2, 0) is 0 Å². The quantitative estimate of drug-likeness (QED) is 0.183. The molecule has 0 aromatic heterocycles. The highest BCUT2D eigenvalue weighted by Gasteiger charge is 2.24. The molecule has 2 aromatic rings. The molecule has 1 heterocycles. The van der Waals surface area contributed by atoms with E-state index in [2.05, 4.69) is 10.3 Å². The molecule has 1 aliphatic heterocycles. The van der Waals surface area contributed by atoms with Gasteiger partial charge in [0.2, 0.25) is 5.82 Å². The molecule has 0 unspecified atom stereocenters. The molecule has 43 heavy (non-hydrogen) atoms. The Morgan fingerprint density at radius 2 is 1.95 bits per heavy atom. The van der Waals surface area contributed by atoms with Crippen molar-refractivity contribution in [1.29, 1.82) is 10.8 Å². The molecule has 2 aromatic carbocycles. The minimum Gasteiger partial charge on any atom is -0.494 e. The van der Waals surface area contributed by atoms with Crippen LogP contribution >= 0.6 is 0 Å². The van der Waals surface area contributed by atoms with Crippen LogP contribution in [0.1, 0.15) is 61.0 Å². The van der Waals surface area contributed by atoms with Crippen molar-refractivity contribution >= 4 is 34.2 Å². The molecule has 4 rings (SSSR count). The zero-order valence-electron chi connectivity index (χ0n) is 24.9. The Hall–Kier alpha value is -4.72. The third-order valence-electron chi connectivity index (χ3n) is 7.40. The summed E-state index contributed by atoms with van der Waals surface area (Å²) in [4.78, 5) is 17.7. The van der Waals surface area contributed by atoms with Gasteiger partial charge in [-0.15, -0.1) is 0 Å². The average Bonchev–Trinajstić information content (AvgIpc) is 2.96. The number of allylic oxidation sites excluding steroid dienone is 8. The van der Waals surface area contributed by atoms with Crippen LogP contribution in [-0.4, -0.2) is 30.0 Å². The fourth-order valence-corrected chi connectivity index (χ4v) is 4.94. The minimum atomic E-state index is -1.03. The Morgan fingerprint density at radius 3 is 2.67 bits per heavy atom. The topological polar surface area (TPSA) is 98.4 Å². The lowest BCUT2D eigenvalue weighted by Gasteiger charge is -2.22. The van der Waals surface area contributed by atoms with Gasteiger partial charge in [0.15, 0.2) is 17.3 Å². The molecule has 222 valence electrons. The molecule has 2 aliphatic rings. The first kappa shape index (κ1) is 31.2. The summed E-state index contributed by atoms with van der Waals surface area (Å²) in [6.07, 6.45) is 14.7. The van der Waals surface area contributed by atoms with Crippen LogP contribution in [0.5, 0.6) is 5.75 Å². The molecule has 0 radical (unpaired) electrons. The first-order valence-electron chi connectivity index (χ1n) is 14.1. The maximum absolute atomic E-state index is 14.8. The number of Topliss-reactive ketones (excluding diaryl/α,β-unsaturated/α-hetero) is 1. The van der Waals surface area contributed by atoms with Gasteiger partial charge in [0.1, 0.15) is 0 Å². The first-order valence-corrected chi connectivity index (χ1v) is 14.1. The predicted molar refractivity (Wildman–Crippen MR) is 171 cm³/mol. The Morgan fingerprint density at radius 1 is 1.16 bits per heavy atom. The zero-order chi connectivity index (χ0) is 31.1. The number of nitrogens with one attached hydrogen (secondary N) is 3. The molecular formula is C35H36F2N4O2. The Kier molecular flexibility index (Phi) is 10.1. The molecule has 3 N–H and O–H groups in total. The van der Waals surface area contributed by atoms with Crippen LogP contribution in [0, 0.1) is 35.3 Å². The van der Waals surface area contributed by atoms with Crippen LogP contribution < -0.4 is 10.1 Å². The smallest absolute Gasteiger partial charge is 0.201 e. The summed E-state index contributed by atoms with van der Waals surface area (Å²) in [5.41, 5.74) is 5.99. The standard InChI is InChI=1S/C35H36F2N4O2/c1-21(9-8-10-23(3)38)29(39)19-31(42)27-14-13-26(17-22(27)2)41-30-12-7-5-6-11-24-18-25(20-40-35(24)30)28-15-16-32(43-4)34(37)33(28)36/h5-6,8,10-17,20-21,38-39,41H,7,9,18-19H2,1-4H3/b6-5-,10-8+,24-11-,30-12?,38-23?,39-29?/t21-/m0/s1. The molecule has 1 atom stereocenters. The van der Waals surface area contributed by atoms with Gasteiger partial charge in [0, 0.05) is 47.3 Å². The molecule has 0 saturated carbocycles. The highest BCUT2D eigenvalue weighted by atomic mass is 19.2. The number of aryl methyl sites for hydroxylation is 1. The summed E-state index contributed by atoms with van der Waals surface area (Å²) < 4.78 is 34.1. The van der Waals surface area contributed by atoms with Gasteiger partial charge in [0.25, 0.3) is 0 Å². The summed E-state index contributed by atoms with van der Waals surface area (Å²) in [6, 6.07) is 8.42. The van der Waals surface area contributed by atoms with E-state index >= 15 is 0 Å². The lowest BCUT2D eigenvalue weighted by Crippen LogP contribution is -2.18. The number of rotatable bonds is 11. The van der Waals surface area contributed by atoms with Gasteiger partial charge in [-0.25, -0.2) is 4.39 Å². The summed E-state index contributed by atoms with van der Waals surface area (Å²) in [5, 5.41) is 19.3. The highest BCUT2D eigenvalue weighted by molar-refractivity contribution is 6.16. The lowest BCUT2D eigenvalue weighted by atomic mass is 9.91. The van der Waals surface area contributed by atoms with Gasteiger partial charge in [-0.2, -0.15) is 4.39 Å². The van der Waals surface area contributed by atoms with E-state index in [9.17, 15) is 13.6 Å². The summed E-state index contributed by atoms with van der Waals surface area (Å²) in [5.74, 6) is -2.34. The Bertz CT molecular complexity index is 1640. The second-order valence-electron chi connectivity index (χ2n) is 10.7. The first-order chi connectivity index (χ1) is 20.6. The van der Waals surface area contributed by atoms with Crippen LogP contribution in [0.25, 0.3) is 5.57 Å². The number of methoxy groups -OCH3 is 1. The van der Waals surface area contributed by atoms with Gasteiger partial charge < -0.3 is 20.9 Å². The summed E-state index contributed by atoms with van der Waals surface area (Å²) >= 11 is 0. The number of aliphatic imine (C=N–C) groups is 1. The fraction of sp³-hybridized carbons (Fsp3) is 0.257. The van der Waals surface area contributed by atoms with Crippen molar-refractivity contribution in [3.8, 4) is 5.75 Å². The van der Waals surface area contributed by atoms with Crippen LogP contribution in [0.15, 0.2) is 89.3 Å². The van der Waals surface area contributed by atoms with Crippen molar-refractivity contribution in [2.24, 2.45) is 10.9 Å². The van der Waals surface area contributed by atoms with E-state index in [1.165, 1.54) is 19.2 Å². The Labute approximate surface area is 251 Å². The van der Waals surface area contributed by atoms with Gasteiger partial charge >= 0.3 is 0 Å². The number of nitrogens with zero attached hydrogens (tertiary/aromatic N) is 1. The van der Waals surface area contributed by atoms with Gasteiger partial charge in [-0.3, -0.25) is 9.79 Å². The second-order valence-corrected chi connectivity index (χ2v) is 10.7. The zero-order valence-corrected chi connectivity index (χ0v) is 24.9. The number of ketones is 1. The SMILES string of the molecule is COc1ccc(C2=CN=C3C(Nc4ccc(C(=O)CC(=N)[C@@H](C)C/C=C/C(C)=N)c(C)c4)=CC/C=C\C=C/3C2)c(F)c1F. The molecule has 8 heteroatoms. The molecule has 0 spiro atoms. The van der Waals surface area contributed by atoms with Crippen LogP contribution in [0.4, 0.5) is 14.5 Å². The van der Waals surface area contributed by atoms with Gasteiger partial charge in [0.05, 0.1) is 18.5 Å². The number of ether oxygens (including phenoxy) is 1. The van der Waals surface area contributed by atoms with Crippen molar-refractivity contribution in [2.75, 3.05) is 12.4 Å². The highest BCUT2D eigenvalue weighted by Crippen LogP contribution is 2.34. The molecule has 1 aliphatic carbocycles. The van der Waals surface area contributed by atoms with E-state index in [0.29, 0.717) is 47.5 Å². The normalized spacial score (nSPS) is 17.3. The van der Waals surface area contributed by atoms with Gasteiger partial charge in [-0.05, 0) is 85.7 Å². The molecule has 0 fully saturated rings. The van der Waals surface area contributed by atoms with E-state index in [0.717, 1.165) is 22.5 Å². The molecule has 6 nitrogen and oxygen atoms in total. The number of hydrogen-bond acceptors (Lipinski definition) is 6. The molecule has 0 bridgehead atoms. The summed E-state index contributed by atoms with van der Waals surface area (Å²) in [6.45, 7) is 5.48. The van der Waals surface area contributed by atoms with Crippen molar-refractivity contribution in [3.05, 3.63) is 113 Å². The van der Waals surface area contributed by atoms with Crippen molar-refractivity contribution in [1.82, 2.24) is 0 Å². The predicted octanol–water partition coefficient (Wildman–Crippen LogP) is 8.56. The van der Waals surface area contributed by atoms with E-state index in [-0.39, 0.29) is 29.4 Å². The maximum Gasteiger partial charge on any atom is 0.201 e. The van der Waals surface area contributed by atoms with Crippen molar-refractivity contribution in [3.63, 3.8) is 0 Å². The minimum absolute atomic E-state index is 0.0436. The molecule has 0 amide bonds. The van der Waals surface area contributed by atoms with E-state index in [1.54, 1.807) is 25.3 Å². The number of halogens is 2. The lowest BCUT2D eigenvalue weighted by molar-refractivity contribution is 0.0998. The third-order valence-corrected chi connectivity index (χ3v) is 7.40. The van der Waals surface area contributed by atoms with E-state index < -0.39 is 11.6 Å². The fourth-order valence-electron chi connectivity index (χ4n) is 4.94. The number of benzene rings is 2. The number of hydrogen-bond donors (Lipinski definition) is 3.